The molecular formula is C12H13FN2O. The third-order valence-electron chi connectivity index (χ3n) is 3.07. The largest absolute Gasteiger partial charge is 0.440 e. The van der Waals surface area contributed by atoms with Gasteiger partial charge in [0.2, 0.25) is 0 Å². The molecule has 4 heteroatoms. The number of halogens is 1. The molecule has 1 aliphatic rings. The van der Waals surface area contributed by atoms with Crippen LogP contribution in [0.25, 0.3) is 11.1 Å². The Hall–Kier alpha value is -1.42. The number of fused-ring (bicyclic) bond motifs is 1. The fraction of sp³-hybridized carbons (Fsp3) is 0.417. The zero-order valence-corrected chi connectivity index (χ0v) is 8.87. The maximum atomic E-state index is 13.4. The Morgan fingerprint density at radius 1 is 1.31 bits per heavy atom. The average molecular weight is 220 g/mol. The van der Waals surface area contributed by atoms with E-state index in [1.165, 1.54) is 6.07 Å². The maximum absolute atomic E-state index is 13.4. The lowest BCUT2D eigenvalue weighted by Gasteiger charge is -2.19. The number of aromatic nitrogens is 1. The van der Waals surface area contributed by atoms with Gasteiger partial charge in [0, 0.05) is 5.92 Å². The number of benzene rings is 1. The molecule has 0 aliphatic carbocycles. The smallest absolute Gasteiger partial charge is 0.198 e. The van der Waals surface area contributed by atoms with E-state index >= 15 is 0 Å². The van der Waals surface area contributed by atoms with Crippen molar-refractivity contribution in [1.29, 1.82) is 0 Å². The number of rotatable bonds is 1. The summed E-state index contributed by atoms with van der Waals surface area (Å²) < 4.78 is 19.0. The van der Waals surface area contributed by atoms with Gasteiger partial charge in [0.1, 0.15) is 5.52 Å². The number of nitrogens with one attached hydrogen (secondary N) is 1. The molecule has 0 bridgehead atoms. The molecule has 1 fully saturated rings. The SMILES string of the molecule is Fc1cccc2oc(C3CCNCC3)nc12. The second kappa shape index (κ2) is 3.87. The molecule has 84 valence electrons. The molecule has 1 aromatic heterocycles. The highest BCUT2D eigenvalue weighted by molar-refractivity contribution is 5.73. The summed E-state index contributed by atoms with van der Waals surface area (Å²) in [4.78, 5) is 4.27. The molecule has 0 radical (unpaired) electrons. The standard InChI is InChI=1S/C12H13FN2O/c13-9-2-1-3-10-11(9)15-12(16-10)8-4-6-14-7-5-8/h1-3,8,14H,4-7H2. The van der Waals surface area contributed by atoms with Crippen LogP contribution in [0.4, 0.5) is 4.39 Å². The normalized spacial score (nSPS) is 18.1. The van der Waals surface area contributed by atoms with Gasteiger partial charge >= 0.3 is 0 Å². The first-order valence-corrected chi connectivity index (χ1v) is 5.60. The van der Waals surface area contributed by atoms with Crippen molar-refractivity contribution in [3.8, 4) is 0 Å². The van der Waals surface area contributed by atoms with Gasteiger partial charge in [-0.3, -0.25) is 0 Å². The van der Waals surface area contributed by atoms with Gasteiger partial charge in [-0.05, 0) is 38.1 Å². The first kappa shape index (κ1) is 9.78. The van der Waals surface area contributed by atoms with Crippen molar-refractivity contribution >= 4 is 11.1 Å². The highest BCUT2D eigenvalue weighted by Crippen LogP contribution is 2.28. The number of oxazole rings is 1. The first-order valence-electron chi connectivity index (χ1n) is 5.60. The summed E-state index contributed by atoms with van der Waals surface area (Å²) in [5.41, 5.74) is 0.907. The second-order valence-electron chi connectivity index (χ2n) is 4.16. The summed E-state index contributed by atoms with van der Waals surface area (Å²) in [6, 6.07) is 4.82. The van der Waals surface area contributed by atoms with E-state index in [1.807, 2.05) is 0 Å². The minimum Gasteiger partial charge on any atom is -0.440 e. The van der Waals surface area contributed by atoms with Gasteiger partial charge in [0.05, 0.1) is 0 Å². The second-order valence-corrected chi connectivity index (χ2v) is 4.16. The summed E-state index contributed by atoms with van der Waals surface area (Å²) in [5, 5.41) is 3.29. The topological polar surface area (TPSA) is 38.1 Å². The number of nitrogens with zero attached hydrogens (tertiary/aromatic N) is 1. The van der Waals surface area contributed by atoms with E-state index in [4.69, 9.17) is 4.42 Å². The number of piperidine rings is 1. The molecule has 0 atom stereocenters. The lowest BCUT2D eigenvalue weighted by Crippen LogP contribution is -2.26. The van der Waals surface area contributed by atoms with Gasteiger partial charge in [-0.1, -0.05) is 6.07 Å². The summed E-state index contributed by atoms with van der Waals surface area (Å²) in [6.07, 6.45) is 2.02. The molecule has 2 heterocycles. The summed E-state index contributed by atoms with van der Waals surface area (Å²) >= 11 is 0. The zero-order valence-electron chi connectivity index (χ0n) is 8.87. The van der Waals surface area contributed by atoms with Crippen molar-refractivity contribution in [2.45, 2.75) is 18.8 Å². The third-order valence-corrected chi connectivity index (χ3v) is 3.07. The minimum atomic E-state index is -0.304. The fourth-order valence-electron chi connectivity index (χ4n) is 2.18. The highest BCUT2D eigenvalue weighted by atomic mass is 19.1. The van der Waals surface area contributed by atoms with Crippen LogP contribution in [-0.2, 0) is 0 Å². The Morgan fingerprint density at radius 3 is 2.88 bits per heavy atom. The average Bonchev–Trinajstić information content (AvgIpc) is 2.76. The van der Waals surface area contributed by atoms with Crippen LogP contribution in [0, 0.1) is 5.82 Å². The Bertz CT molecular complexity index is 503. The van der Waals surface area contributed by atoms with Gasteiger partial charge < -0.3 is 9.73 Å². The number of hydrogen-bond donors (Lipinski definition) is 1. The van der Waals surface area contributed by atoms with E-state index < -0.39 is 0 Å². The summed E-state index contributed by atoms with van der Waals surface area (Å²) in [5.74, 6) is 0.705. The molecule has 1 aromatic carbocycles. The van der Waals surface area contributed by atoms with Gasteiger partial charge in [0.25, 0.3) is 0 Å². The molecule has 16 heavy (non-hydrogen) atoms. The molecule has 1 saturated heterocycles. The third kappa shape index (κ3) is 1.59. The highest BCUT2D eigenvalue weighted by Gasteiger charge is 2.21. The van der Waals surface area contributed by atoms with Crippen molar-refractivity contribution in [2.75, 3.05) is 13.1 Å². The monoisotopic (exact) mass is 220 g/mol. The van der Waals surface area contributed by atoms with Crippen molar-refractivity contribution in [2.24, 2.45) is 0 Å². The quantitative estimate of drug-likeness (QED) is 0.802. The summed E-state index contributed by atoms with van der Waals surface area (Å²) in [6.45, 7) is 1.96. The fourth-order valence-corrected chi connectivity index (χ4v) is 2.18. The van der Waals surface area contributed by atoms with Gasteiger partial charge in [0.15, 0.2) is 17.3 Å². The van der Waals surface area contributed by atoms with Gasteiger partial charge in [-0.15, -0.1) is 0 Å². The van der Waals surface area contributed by atoms with Gasteiger partial charge in [-0.2, -0.15) is 0 Å². The van der Waals surface area contributed by atoms with Crippen LogP contribution in [0.2, 0.25) is 0 Å². The van der Waals surface area contributed by atoms with Crippen LogP contribution in [0.15, 0.2) is 22.6 Å². The molecule has 3 nitrogen and oxygen atoms in total. The van der Waals surface area contributed by atoms with Crippen molar-refractivity contribution in [3.05, 3.63) is 29.9 Å². The molecular weight excluding hydrogens is 207 g/mol. The number of para-hydroxylation sites is 1. The van der Waals surface area contributed by atoms with Gasteiger partial charge in [-0.25, -0.2) is 9.37 Å². The first-order chi connectivity index (χ1) is 7.84. The molecule has 0 amide bonds. The van der Waals surface area contributed by atoms with E-state index in [0.29, 0.717) is 22.9 Å². The molecule has 2 aromatic rings. The maximum Gasteiger partial charge on any atom is 0.198 e. The molecule has 1 aliphatic heterocycles. The predicted molar refractivity (Wildman–Crippen MR) is 58.8 cm³/mol. The predicted octanol–water partition coefficient (Wildman–Crippen LogP) is 2.43. The van der Waals surface area contributed by atoms with Crippen LogP contribution in [0.3, 0.4) is 0 Å². The lowest BCUT2D eigenvalue weighted by atomic mass is 9.98. The van der Waals surface area contributed by atoms with Crippen LogP contribution in [0.5, 0.6) is 0 Å². The van der Waals surface area contributed by atoms with E-state index in [0.717, 1.165) is 25.9 Å². The van der Waals surface area contributed by atoms with Crippen molar-refractivity contribution in [1.82, 2.24) is 10.3 Å². The van der Waals surface area contributed by atoms with E-state index in [-0.39, 0.29) is 5.82 Å². The van der Waals surface area contributed by atoms with Crippen LogP contribution in [-0.4, -0.2) is 18.1 Å². The molecule has 3 rings (SSSR count). The Labute approximate surface area is 92.7 Å². The molecule has 0 saturated carbocycles. The molecule has 0 spiro atoms. The van der Waals surface area contributed by atoms with Crippen molar-refractivity contribution < 1.29 is 8.81 Å². The number of hydrogen-bond acceptors (Lipinski definition) is 3. The Morgan fingerprint density at radius 2 is 2.12 bits per heavy atom. The lowest BCUT2D eigenvalue weighted by molar-refractivity contribution is 0.385. The Kier molecular flexibility index (Phi) is 2.36. The zero-order chi connectivity index (χ0) is 11.0. The van der Waals surface area contributed by atoms with E-state index in [9.17, 15) is 4.39 Å². The van der Waals surface area contributed by atoms with E-state index in [1.54, 1.807) is 12.1 Å². The summed E-state index contributed by atoms with van der Waals surface area (Å²) in [7, 11) is 0. The van der Waals surface area contributed by atoms with Crippen LogP contribution >= 0.6 is 0 Å². The molecule has 0 unspecified atom stereocenters. The van der Waals surface area contributed by atoms with E-state index in [2.05, 4.69) is 10.3 Å². The Balaban J connectivity index is 2.01. The minimum absolute atomic E-state index is 0.304. The van der Waals surface area contributed by atoms with Crippen molar-refractivity contribution in [3.63, 3.8) is 0 Å². The molecule has 1 N–H and O–H groups in total. The van der Waals surface area contributed by atoms with Crippen LogP contribution < -0.4 is 5.32 Å². The van der Waals surface area contributed by atoms with Crippen LogP contribution in [0.1, 0.15) is 24.7 Å².